The number of hydrogen-bond acceptors (Lipinski definition) is 4. The number of ether oxygens (including phenoxy) is 1. The molecule has 4 nitrogen and oxygen atoms in total. The highest BCUT2D eigenvalue weighted by atomic mass is 35.5. The van der Waals surface area contributed by atoms with Crippen molar-refractivity contribution in [3.8, 4) is 11.6 Å². The maximum Gasteiger partial charge on any atom is 0.416 e. The monoisotopic (exact) mass is 465 g/mol. The summed E-state index contributed by atoms with van der Waals surface area (Å²) >= 11 is 5.99. The van der Waals surface area contributed by atoms with Crippen LogP contribution in [0.2, 0.25) is 5.02 Å². The predicted octanol–water partition coefficient (Wildman–Crippen LogP) is 6.87. The van der Waals surface area contributed by atoms with Gasteiger partial charge >= 0.3 is 12.4 Å². The minimum Gasteiger partial charge on any atom is -0.436 e. The number of halogens is 8. The van der Waals surface area contributed by atoms with Crippen molar-refractivity contribution in [2.45, 2.75) is 12.4 Å². The van der Waals surface area contributed by atoms with Crippen LogP contribution in [0.4, 0.5) is 42.4 Å². The number of rotatable bonds is 4. The van der Waals surface area contributed by atoms with Crippen LogP contribution < -0.4 is 9.64 Å². The van der Waals surface area contributed by atoms with E-state index in [0.717, 1.165) is 35.4 Å². The lowest BCUT2D eigenvalue weighted by Gasteiger charge is -2.20. The molecule has 3 rings (SSSR count). The van der Waals surface area contributed by atoms with E-state index in [1.807, 2.05) is 0 Å². The van der Waals surface area contributed by atoms with Crippen LogP contribution in [0, 0.1) is 5.82 Å². The van der Waals surface area contributed by atoms with Gasteiger partial charge in [0.15, 0.2) is 11.6 Å². The molecule has 0 fully saturated rings. The number of alkyl halides is 6. The second-order valence-corrected chi connectivity index (χ2v) is 6.57. The number of nitrogens with zero attached hydrogens (tertiary/aromatic N) is 3. The molecule has 0 saturated carbocycles. The van der Waals surface area contributed by atoms with Gasteiger partial charge in [-0.05, 0) is 36.4 Å². The number of benzene rings is 2. The van der Waals surface area contributed by atoms with Crippen molar-refractivity contribution < 1.29 is 35.5 Å². The van der Waals surface area contributed by atoms with Gasteiger partial charge in [-0.1, -0.05) is 11.6 Å². The first kappa shape index (κ1) is 22.6. The summed E-state index contributed by atoms with van der Waals surface area (Å²) in [5.41, 5.74) is -2.18. The Kier molecular flexibility index (Phi) is 5.99. The summed E-state index contributed by atoms with van der Waals surface area (Å²) in [4.78, 5) is 8.92. The molecule has 2 aromatic carbocycles. The molecule has 0 bridgehead atoms. The Bertz CT molecular complexity index is 1100. The van der Waals surface area contributed by atoms with Gasteiger partial charge in [0.05, 0.1) is 21.8 Å². The Hall–Kier alpha value is -3.08. The van der Waals surface area contributed by atoms with E-state index in [1.54, 1.807) is 0 Å². The minimum absolute atomic E-state index is 0.0330. The zero-order chi connectivity index (χ0) is 23.0. The molecule has 0 amide bonds. The quantitative estimate of drug-likeness (QED) is 0.394. The highest BCUT2D eigenvalue weighted by Crippen LogP contribution is 2.37. The molecule has 31 heavy (non-hydrogen) atoms. The fourth-order valence-corrected chi connectivity index (χ4v) is 2.72. The van der Waals surface area contributed by atoms with Crippen molar-refractivity contribution in [3.63, 3.8) is 0 Å². The molecular formula is C19H11ClF7N3O. The fraction of sp³-hybridized carbons (Fsp3) is 0.158. The average molecular weight is 466 g/mol. The minimum atomic E-state index is -4.72. The fourth-order valence-electron chi connectivity index (χ4n) is 2.48. The largest absolute Gasteiger partial charge is 0.436 e. The Morgan fingerprint density at radius 3 is 2.16 bits per heavy atom. The van der Waals surface area contributed by atoms with Gasteiger partial charge in [0.25, 0.3) is 0 Å². The molecule has 1 aromatic heterocycles. The van der Waals surface area contributed by atoms with E-state index in [-0.39, 0.29) is 22.5 Å². The molecule has 1 heterocycles. The summed E-state index contributed by atoms with van der Waals surface area (Å²) in [7, 11) is 1.32. The third kappa shape index (κ3) is 5.16. The van der Waals surface area contributed by atoms with E-state index in [9.17, 15) is 30.7 Å². The Morgan fingerprint density at radius 2 is 1.52 bits per heavy atom. The first-order chi connectivity index (χ1) is 14.4. The van der Waals surface area contributed by atoms with E-state index in [2.05, 4.69) is 9.97 Å². The highest BCUT2D eigenvalue weighted by molar-refractivity contribution is 6.33. The van der Waals surface area contributed by atoms with Crippen LogP contribution in [0.3, 0.4) is 0 Å². The van der Waals surface area contributed by atoms with Gasteiger partial charge in [-0.3, -0.25) is 0 Å². The molecule has 0 spiro atoms. The highest BCUT2D eigenvalue weighted by Gasteiger charge is 2.32. The van der Waals surface area contributed by atoms with Crippen LogP contribution in [-0.4, -0.2) is 17.0 Å². The number of aromatic nitrogens is 2. The summed E-state index contributed by atoms with van der Waals surface area (Å²) in [5.74, 6) is -2.33. The van der Waals surface area contributed by atoms with E-state index in [4.69, 9.17) is 16.3 Å². The van der Waals surface area contributed by atoms with Gasteiger partial charge in [0.1, 0.15) is 0 Å². The maximum atomic E-state index is 13.9. The van der Waals surface area contributed by atoms with Crippen molar-refractivity contribution in [1.29, 1.82) is 0 Å². The molecule has 0 N–H and O–H groups in total. The lowest BCUT2D eigenvalue weighted by Crippen LogP contribution is -2.15. The standard InChI is InChI=1S/C19H11ClF7N3O/c1-30(14-8-10(18(22,23)24)2-4-12(14)20)17-28-7-6-16(29-17)31-15-9-11(19(25,26)27)3-5-13(15)21/h2-9H,1H3. The molecule has 3 aromatic rings. The van der Waals surface area contributed by atoms with Gasteiger partial charge in [-0.2, -0.15) is 31.3 Å². The third-order valence-electron chi connectivity index (χ3n) is 4.03. The molecule has 164 valence electrons. The average Bonchev–Trinajstić information content (AvgIpc) is 2.68. The Morgan fingerprint density at radius 1 is 0.903 bits per heavy atom. The maximum absolute atomic E-state index is 13.9. The molecule has 0 unspecified atom stereocenters. The van der Waals surface area contributed by atoms with Crippen molar-refractivity contribution in [1.82, 2.24) is 9.97 Å². The van der Waals surface area contributed by atoms with Crippen LogP contribution in [-0.2, 0) is 12.4 Å². The SMILES string of the molecule is CN(c1nccc(Oc2cc(C(F)(F)F)ccc2F)n1)c1cc(C(F)(F)F)ccc1Cl. The van der Waals surface area contributed by atoms with Crippen LogP contribution in [0.15, 0.2) is 48.7 Å². The van der Waals surface area contributed by atoms with Crippen molar-refractivity contribution in [2.75, 3.05) is 11.9 Å². The lowest BCUT2D eigenvalue weighted by molar-refractivity contribution is -0.138. The van der Waals surface area contributed by atoms with Crippen LogP contribution in [0.25, 0.3) is 0 Å². The number of hydrogen-bond donors (Lipinski definition) is 0. The topological polar surface area (TPSA) is 38.2 Å². The van der Waals surface area contributed by atoms with E-state index < -0.39 is 35.0 Å². The molecule has 0 aliphatic carbocycles. The molecule has 0 saturated heterocycles. The van der Waals surface area contributed by atoms with Gasteiger partial charge in [0, 0.05) is 19.3 Å². The van der Waals surface area contributed by atoms with E-state index >= 15 is 0 Å². The summed E-state index contributed by atoms with van der Waals surface area (Å²) in [6.07, 6.45) is -8.20. The first-order valence-electron chi connectivity index (χ1n) is 8.34. The van der Waals surface area contributed by atoms with Crippen molar-refractivity contribution in [3.05, 3.63) is 70.6 Å². The molecule has 12 heteroatoms. The zero-order valence-electron chi connectivity index (χ0n) is 15.4. The van der Waals surface area contributed by atoms with Gasteiger partial charge in [-0.15, -0.1) is 0 Å². The third-order valence-corrected chi connectivity index (χ3v) is 4.34. The van der Waals surface area contributed by atoms with E-state index in [1.165, 1.54) is 7.05 Å². The van der Waals surface area contributed by atoms with Crippen molar-refractivity contribution in [2.24, 2.45) is 0 Å². The smallest absolute Gasteiger partial charge is 0.416 e. The molecule has 0 radical (unpaired) electrons. The van der Waals surface area contributed by atoms with Crippen LogP contribution >= 0.6 is 11.6 Å². The van der Waals surface area contributed by atoms with Gasteiger partial charge in [-0.25, -0.2) is 9.37 Å². The Labute approximate surface area is 175 Å². The zero-order valence-corrected chi connectivity index (χ0v) is 16.1. The normalized spacial score (nSPS) is 12.0. The summed E-state index contributed by atoms with van der Waals surface area (Å²) in [6, 6.07) is 5.39. The summed E-state index contributed by atoms with van der Waals surface area (Å²) in [6.45, 7) is 0. The van der Waals surface area contributed by atoms with Crippen molar-refractivity contribution >= 4 is 23.2 Å². The summed E-state index contributed by atoms with van der Waals surface area (Å²) < 4.78 is 96.6. The van der Waals surface area contributed by atoms with Crippen LogP contribution in [0.5, 0.6) is 11.6 Å². The molecular weight excluding hydrogens is 455 g/mol. The van der Waals surface area contributed by atoms with E-state index in [0.29, 0.717) is 18.2 Å². The summed E-state index contributed by atoms with van der Waals surface area (Å²) in [5, 5.41) is -0.0330. The second kappa shape index (κ2) is 8.22. The predicted molar refractivity (Wildman–Crippen MR) is 98.0 cm³/mol. The Balaban J connectivity index is 1.93. The lowest BCUT2D eigenvalue weighted by atomic mass is 10.2. The molecule has 0 aliphatic heterocycles. The first-order valence-corrected chi connectivity index (χ1v) is 8.72. The molecule has 0 atom stereocenters. The van der Waals surface area contributed by atoms with Gasteiger partial charge in [0.2, 0.25) is 11.8 Å². The van der Waals surface area contributed by atoms with Gasteiger partial charge < -0.3 is 9.64 Å². The van der Waals surface area contributed by atoms with Crippen LogP contribution in [0.1, 0.15) is 11.1 Å². The number of anilines is 2. The molecule has 0 aliphatic rings. The second-order valence-electron chi connectivity index (χ2n) is 6.16.